The molecule has 36 heavy (non-hydrogen) atoms. The smallest absolute Gasteiger partial charge is 0.268 e. The summed E-state index contributed by atoms with van der Waals surface area (Å²) in [7, 11) is 0. The number of hydrogen-bond donors (Lipinski definition) is 2. The van der Waals surface area contributed by atoms with E-state index in [2.05, 4.69) is 15.0 Å². The molecule has 1 aliphatic rings. The number of nitrogens with one attached hydrogen (secondary N) is 1. The van der Waals surface area contributed by atoms with E-state index in [0.717, 1.165) is 6.07 Å². The number of nitrogens with two attached hydrogens (primary N) is 1. The molecule has 1 fully saturated rings. The van der Waals surface area contributed by atoms with Crippen molar-refractivity contribution in [3.05, 3.63) is 81.5 Å². The van der Waals surface area contributed by atoms with Crippen LogP contribution in [0.25, 0.3) is 22.2 Å². The third kappa shape index (κ3) is 4.06. The minimum Gasteiger partial charge on any atom is -0.456 e. The first-order valence-corrected chi connectivity index (χ1v) is 10.9. The van der Waals surface area contributed by atoms with E-state index in [-0.39, 0.29) is 57.8 Å². The predicted molar refractivity (Wildman–Crippen MR) is 122 cm³/mol. The summed E-state index contributed by atoms with van der Waals surface area (Å²) in [6, 6.07) is 6.26. The molecule has 0 unspecified atom stereocenters. The molecule has 1 amide bonds. The Morgan fingerprint density at radius 2 is 1.89 bits per heavy atom. The van der Waals surface area contributed by atoms with Crippen LogP contribution < -0.4 is 15.9 Å². The SMILES string of the molecule is Cc1c(Oc2cc(C3CC(F)(F)C3)ncc2-c2cc(=O)c3c(C(N)=O)nccc3[nH]2)ccc(F)c1F. The van der Waals surface area contributed by atoms with Crippen molar-refractivity contribution in [1.82, 2.24) is 15.0 Å². The molecule has 3 heterocycles. The molecule has 0 radical (unpaired) electrons. The third-order valence-corrected chi connectivity index (χ3v) is 6.17. The molecule has 0 spiro atoms. The normalized spacial score (nSPS) is 15.0. The van der Waals surface area contributed by atoms with Gasteiger partial charge in [0.05, 0.1) is 22.2 Å². The molecule has 1 saturated carbocycles. The van der Waals surface area contributed by atoms with Crippen molar-refractivity contribution in [2.75, 3.05) is 0 Å². The first kappa shape index (κ1) is 23.5. The summed E-state index contributed by atoms with van der Waals surface area (Å²) >= 11 is 0. The van der Waals surface area contributed by atoms with Gasteiger partial charge in [-0.05, 0) is 25.1 Å². The van der Waals surface area contributed by atoms with Crippen LogP contribution >= 0.6 is 0 Å². The number of carbonyl (C=O) groups is 1. The Hall–Kier alpha value is -4.28. The van der Waals surface area contributed by atoms with Crippen molar-refractivity contribution in [2.45, 2.75) is 31.6 Å². The van der Waals surface area contributed by atoms with Gasteiger partial charge in [-0.15, -0.1) is 0 Å². The van der Waals surface area contributed by atoms with Gasteiger partial charge in [0.25, 0.3) is 5.91 Å². The standard InChI is InChI=1S/C25H18F4N4O3/c1-11-19(3-2-14(26)22(11)27)36-20-7-16(12-8-25(28,29)9-12)32-10-13(20)17-6-18(34)21-15(33-17)4-5-31-23(21)24(30)35/h2-7,10,12H,8-9H2,1H3,(H2,30,35)(H,33,34). The minimum absolute atomic E-state index is 0.00501. The summed E-state index contributed by atoms with van der Waals surface area (Å²) in [5, 5.41) is -0.00560. The highest BCUT2D eigenvalue weighted by Gasteiger charge is 2.46. The molecule has 1 aromatic carbocycles. The number of aromatic amines is 1. The number of ether oxygens (including phenoxy) is 1. The Morgan fingerprint density at radius 3 is 2.58 bits per heavy atom. The quantitative estimate of drug-likeness (QED) is 0.377. The van der Waals surface area contributed by atoms with E-state index in [1.54, 1.807) is 0 Å². The average Bonchev–Trinajstić information content (AvgIpc) is 2.82. The Balaban J connectivity index is 1.65. The summed E-state index contributed by atoms with van der Waals surface area (Å²) in [6.07, 6.45) is 1.91. The van der Waals surface area contributed by atoms with Crippen molar-refractivity contribution in [3.8, 4) is 22.8 Å². The molecule has 0 saturated heterocycles. The molecule has 4 aromatic rings. The highest BCUT2D eigenvalue weighted by Crippen LogP contribution is 2.49. The Labute approximate surface area is 201 Å². The number of fused-ring (bicyclic) bond motifs is 1. The van der Waals surface area contributed by atoms with Gasteiger partial charge in [0, 0.05) is 54.5 Å². The van der Waals surface area contributed by atoms with Gasteiger partial charge in [-0.25, -0.2) is 17.6 Å². The molecule has 11 heteroatoms. The monoisotopic (exact) mass is 498 g/mol. The highest BCUT2D eigenvalue weighted by atomic mass is 19.3. The Bertz CT molecular complexity index is 1590. The molecule has 1 aliphatic carbocycles. The number of alkyl halides is 2. The number of carbonyl (C=O) groups excluding carboxylic acids is 1. The fraction of sp³-hybridized carbons (Fsp3) is 0.200. The van der Waals surface area contributed by atoms with Gasteiger partial charge in [0.15, 0.2) is 17.1 Å². The lowest BCUT2D eigenvalue weighted by Gasteiger charge is -2.34. The molecule has 3 N–H and O–H groups in total. The summed E-state index contributed by atoms with van der Waals surface area (Å²) in [6.45, 7) is 1.33. The van der Waals surface area contributed by atoms with Gasteiger partial charge < -0.3 is 15.5 Å². The van der Waals surface area contributed by atoms with Crippen molar-refractivity contribution in [2.24, 2.45) is 5.73 Å². The second-order valence-corrected chi connectivity index (χ2v) is 8.65. The molecule has 0 bridgehead atoms. The number of pyridine rings is 3. The van der Waals surface area contributed by atoms with E-state index < -0.39 is 34.8 Å². The zero-order valence-corrected chi connectivity index (χ0v) is 18.7. The number of aromatic nitrogens is 3. The largest absolute Gasteiger partial charge is 0.456 e. The van der Waals surface area contributed by atoms with Crippen molar-refractivity contribution < 1.29 is 27.1 Å². The van der Waals surface area contributed by atoms with Gasteiger partial charge in [-0.1, -0.05) is 0 Å². The lowest BCUT2D eigenvalue weighted by molar-refractivity contribution is -0.0876. The van der Waals surface area contributed by atoms with Crippen LogP contribution in [0.2, 0.25) is 0 Å². The van der Waals surface area contributed by atoms with Crippen LogP contribution in [0.1, 0.15) is 40.5 Å². The number of amides is 1. The van der Waals surface area contributed by atoms with Crippen LogP contribution in [0.4, 0.5) is 17.6 Å². The first-order chi connectivity index (χ1) is 17.0. The average molecular weight is 498 g/mol. The van der Waals surface area contributed by atoms with Crippen LogP contribution in [0, 0.1) is 18.6 Å². The number of primary amides is 1. The molecule has 5 rings (SSSR count). The fourth-order valence-electron chi connectivity index (χ4n) is 4.23. The van der Waals surface area contributed by atoms with Crippen LogP contribution in [0.5, 0.6) is 11.5 Å². The topological polar surface area (TPSA) is 111 Å². The maximum Gasteiger partial charge on any atom is 0.268 e. The van der Waals surface area contributed by atoms with Crippen LogP contribution in [0.15, 0.2) is 47.5 Å². The van der Waals surface area contributed by atoms with E-state index in [1.807, 2.05) is 0 Å². The van der Waals surface area contributed by atoms with Crippen molar-refractivity contribution in [1.29, 1.82) is 0 Å². The number of hydrogen-bond acceptors (Lipinski definition) is 5. The lowest BCUT2D eigenvalue weighted by Crippen LogP contribution is -2.34. The van der Waals surface area contributed by atoms with Gasteiger partial charge >= 0.3 is 0 Å². The summed E-state index contributed by atoms with van der Waals surface area (Å²) in [5.74, 6) is -6.23. The molecule has 0 aliphatic heterocycles. The van der Waals surface area contributed by atoms with Crippen LogP contribution in [-0.4, -0.2) is 26.8 Å². The van der Waals surface area contributed by atoms with E-state index in [9.17, 15) is 27.2 Å². The fourth-order valence-corrected chi connectivity index (χ4v) is 4.23. The third-order valence-electron chi connectivity index (χ3n) is 6.17. The van der Waals surface area contributed by atoms with Gasteiger partial charge in [0.2, 0.25) is 5.92 Å². The first-order valence-electron chi connectivity index (χ1n) is 10.9. The van der Waals surface area contributed by atoms with E-state index >= 15 is 0 Å². The molecule has 0 atom stereocenters. The number of halogens is 4. The Kier molecular flexibility index (Phi) is 5.50. The molecule has 7 nitrogen and oxygen atoms in total. The number of H-pyrrole nitrogens is 1. The van der Waals surface area contributed by atoms with E-state index in [0.29, 0.717) is 5.69 Å². The zero-order chi connectivity index (χ0) is 25.8. The summed E-state index contributed by atoms with van der Waals surface area (Å²) in [5.41, 5.74) is 5.56. The second kappa shape index (κ2) is 8.43. The maximum absolute atomic E-state index is 14.2. The maximum atomic E-state index is 14.2. The minimum atomic E-state index is -2.78. The highest BCUT2D eigenvalue weighted by molar-refractivity contribution is 6.03. The number of nitrogens with zero attached hydrogens (tertiary/aromatic N) is 2. The molecular formula is C25H18F4N4O3. The van der Waals surface area contributed by atoms with E-state index in [4.69, 9.17) is 10.5 Å². The van der Waals surface area contributed by atoms with Gasteiger partial charge in [-0.2, -0.15) is 0 Å². The number of benzene rings is 1. The van der Waals surface area contributed by atoms with Crippen molar-refractivity contribution >= 4 is 16.8 Å². The van der Waals surface area contributed by atoms with Crippen LogP contribution in [0.3, 0.4) is 0 Å². The van der Waals surface area contributed by atoms with Crippen LogP contribution in [-0.2, 0) is 0 Å². The predicted octanol–water partition coefficient (Wildman–Crippen LogP) is 4.98. The second-order valence-electron chi connectivity index (χ2n) is 8.65. The van der Waals surface area contributed by atoms with E-state index in [1.165, 1.54) is 43.6 Å². The number of rotatable bonds is 5. The molecule has 3 aromatic heterocycles. The van der Waals surface area contributed by atoms with Crippen molar-refractivity contribution in [3.63, 3.8) is 0 Å². The molecular weight excluding hydrogens is 480 g/mol. The molecule has 184 valence electrons. The lowest BCUT2D eigenvalue weighted by atomic mass is 9.79. The zero-order valence-electron chi connectivity index (χ0n) is 18.7. The van der Waals surface area contributed by atoms with Gasteiger partial charge in [-0.3, -0.25) is 19.6 Å². The Morgan fingerprint density at radius 1 is 1.14 bits per heavy atom. The summed E-state index contributed by atoms with van der Waals surface area (Å²) < 4.78 is 60.6. The van der Waals surface area contributed by atoms with Gasteiger partial charge in [0.1, 0.15) is 17.2 Å². The summed E-state index contributed by atoms with van der Waals surface area (Å²) in [4.78, 5) is 35.8.